The Morgan fingerprint density at radius 1 is 1.17 bits per heavy atom. The van der Waals surface area contributed by atoms with Crippen LogP contribution < -0.4 is 10.1 Å². The summed E-state index contributed by atoms with van der Waals surface area (Å²) in [6.07, 6.45) is 1.65. The van der Waals surface area contributed by atoms with E-state index in [1.165, 1.54) is 0 Å². The number of rotatable bonds is 5. The van der Waals surface area contributed by atoms with Gasteiger partial charge in [-0.05, 0) is 24.6 Å². The summed E-state index contributed by atoms with van der Waals surface area (Å²) in [5.41, 5.74) is 3.61. The van der Waals surface area contributed by atoms with E-state index in [1.54, 1.807) is 10.9 Å². The van der Waals surface area contributed by atoms with Crippen molar-refractivity contribution in [3.05, 3.63) is 66.4 Å². The van der Waals surface area contributed by atoms with Crippen molar-refractivity contribution in [2.24, 2.45) is 7.05 Å². The number of ether oxygens (including phenoxy) is 1. The topological polar surface area (TPSA) is 56.1 Å². The first-order valence-corrected chi connectivity index (χ1v) is 7.70. The van der Waals surface area contributed by atoms with Gasteiger partial charge in [0.05, 0.1) is 17.6 Å². The summed E-state index contributed by atoms with van der Waals surface area (Å²) in [7, 11) is 1.85. The first kappa shape index (κ1) is 15.8. The van der Waals surface area contributed by atoms with E-state index in [2.05, 4.69) is 10.4 Å². The monoisotopic (exact) mass is 321 g/mol. The second kappa shape index (κ2) is 7.00. The summed E-state index contributed by atoms with van der Waals surface area (Å²) in [5.74, 6) is 0.460. The van der Waals surface area contributed by atoms with Gasteiger partial charge in [-0.1, -0.05) is 42.5 Å². The van der Waals surface area contributed by atoms with E-state index < -0.39 is 0 Å². The molecule has 5 heteroatoms. The van der Waals surface area contributed by atoms with Crippen LogP contribution in [-0.4, -0.2) is 22.3 Å². The van der Waals surface area contributed by atoms with Crippen molar-refractivity contribution in [2.45, 2.75) is 6.92 Å². The zero-order valence-corrected chi connectivity index (χ0v) is 13.7. The number of nitrogens with one attached hydrogen (secondary N) is 1. The molecule has 0 unspecified atom stereocenters. The summed E-state index contributed by atoms with van der Waals surface area (Å²) in [6.45, 7) is 1.93. The first-order valence-electron chi connectivity index (χ1n) is 7.70. The lowest BCUT2D eigenvalue weighted by atomic mass is 10.1. The van der Waals surface area contributed by atoms with Crippen molar-refractivity contribution in [1.82, 2.24) is 9.78 Å². The van der Waals surface area contributed by atoms with Gasteiger partial charge in [0.25, 0.3) is 5.91 Å². The zero-order valence-electron chi connectivity index (χ0n) is 13.7. The molecule has 1 N–H and O–H groups in total. The van der Waals surface area contributed by atoms with E-state index in [-0.39, 0.29) is 12.5 Å². The molecule has 2 aromatic carbocycles. The molecule has 24 heavy (non-hydrogen) atoms. The Kier molecular flexibility index (Phi) is 4.61. The number of anilines is 1. The highest BCUT2D eigenvalue weighted by Gasteiger charge is 2.13. The van der Waals surface area contributed by atoms with E-state index in [1.807, 2.05) is 68.6 Å². The largest absolute Gasteiger partial charge is 0.484 e. The van der Waals surface area contributed by atoms with Crippen LogP contribution in [-0.2, 0) is 11.8 Å². The molecule has 0 radical (unpaired) electrons. The Morgan fingerprint density at radius 2 is 1.96 bits per heavy atom. The minimum absolute atomic E-state index is 0.0490. The number of hydrogen-bond acceptors (Lipinski definition) is 3. The van der Waals surface area contributed by atoms with E-state index in [4.69, 9.17) is 4.74 Å². The lowest BCUT2D eigenvalue weighted by Gasteiger charge is -2.09. The Balaban J connectivity index is 1.69. The third-order valence-corrected chi connectivity index (χ3v) is 3.62. The standard InChI is InChI=1S/C19H19N3O2/c1-14-7-6-10-16(11-14)24-13-18(23)21-17-12-20-22(2)19(17)15-8-4-3-5-9-15/h3-12H,13H2,1-2H3,(H,21,23). The molecular weight excluding hydrogens is 302 g/mol. The van der Waals surface area contributed by atoms with E-state index in [9.17, 15) is 4.79 Å². The molecule has 0 spiro atoms. The maximum absolute atomic E-state index is 12.2. The molecule has 0 saturated heterocycles. The summed E-state index contributed by atoms with van der Waals surface area (Å²) < 4.78 is 7.28. The van der Waals surface area contributed by atoms with Gasteiger partial charge in [0, 0.05) is 12.6 Å². The molecule has 122 valence electrons. The van der Waals surface area contributed by atoms with Crippen LogP contribution in [0.25, 0.3) is 11.3 Å². The van der Waals surface area contributed by atoms with Crippen LogP contribution in [0.15, 0.2) is 60.8 Å². The molecule has 1 aromatic heterocycles. The van der Waals surface area contributed by atoms with Crippen molar-refractivity contribution >= 4 is 11.6 Å². The number of hydrogen-bond donors (Lipinski definition) is 1. The Bertz CT molecular complexity index is 841. The van der Waals surface area contributed by atoms with Gasteiger partial charge in [-0.3, -0.25) is 9.48 Å². The lowest BCUT2D eigenvalue weighted by molar-refractivity contribution is -0.118. The van der Waals surface area contributed by atoms with Crippen LogP contribution in [0.2, 0.25) is 0 Å². The normalized spacial score (nSPS) is 10.4. The maximum atomic E-state index is 12.2. The van der Waals surface area contributed by atoms with Crippen LogP contribution in [0.3, 0.4) is 0 Å². The van der Waals surface area contributed by atoms with E-state index >= 15 is 0 Å². The number of amides is 1. The molecule has 0 bridgehead atoms. The quantitative estimate of drug-likeness (QED) is 0.783. The van der Waals surface area contributed by atoms with Gasteiger partial charge in [-0.2, -0.15) is 5.10 Å². The highest BCUT2D eigenvalue weighted by Crippen LogP contribution is 2.27. The highest BCUT2D eigenvalue weighted by atomic mass is 16.5. The maximum Gasteiger partial charge on any atom is 0.262 e. The number of aryl methyl sites for hydroxylation is 2. The van der Waals surface area contributed by atoms with Crippen molar-refractivity contribution in [3.8, 4) is 17.0 Å². The number of carbonyl (C=O) groups is 1. The minimum Gasteiger partial charge on any atom is -0.484 e. The van der Waals surface area contributed by atoms with Gasteiger partial charge in [-0.25, -0.2) is 0 Å². The minimum atomic E-state index is -0.221. The van der Waals surface area contributed by atoms with Gasteiger partial charge in [-0.15, -0.1) is 0 Å². The molecule has 0 aliphatic heterocycles. The second-order valence-corrected chi connectivity index (χ2v) is 5.55. The fourth-order valence-electron chi connectivity index (χ4n) is 2.51. The van der Waals surface area contributed by atoms with Gasteiger partial charge in [0.1, 0.15) is 5.75 Å². The van der Waals surface area contributed by atoms with Crippen LogP contribution in [0.1, 0.15) is 5.56 Å². The van der Waals surface area contributed by atoms with Crippen molar-refractivity contribution in [1.29, 1.82) is 0 Å². The van der Waals surface area contributed by atoms with Crippen molar-refractivity contribution in [2.75, 3.05) is 11.9 Å². The molecule has 1 amide bonds. The van der Waals surface area contributed by atoms with Gasteiger partial charge in [0.2, 0.25) is 0 Å². The van der Waals surface area contributed by atoms with Crippen molar-refractivity contribution < 1.29 is 9.53 Å². The van der Waals surface area contributed by atoms with Crippen LogP contribution in [0, 0.1) is 6.92 Å². The number of benzene rings is 2. The molecule has 0 fully saturated rings. The van der Waals surface area contributed by atoms with Gasteiger partial charge in [0.15, 0.2) is 6.61 Å². The molecule has 1 heterocycles. The first-order chi connectivity index (χ1) is 11.6. The van der Waals surface area contributed by atoms with Crippen molar-refractivity contribution in [3.63, 3.8) is 0 Å². The summed E-state index contributed by atoms with van der Waals surface area (Å²) in [4.78, 5) is 12.2. The van der Waals surface area contributed by atoms with E-state index in [0.29, 0.717) is 11.4 Å². The average Bonchev–Trinajstić information content (AvgIpc) is 2.94. The molecule has 0 aliphatic carbocycles. The molecule has 3 rings (SSSR count). The number of aromatic nitrogens is 2. The third kappa shape index (κ3) is 3.63. The number of carbonyl (C=O) groups excluding carboxylic acids is 1. The van der Waals surface area contributed by atoms with Crippen LogP contribution in [0.5, 0.6) is 5.75 Å². The fraction of sp³-hybridized carbons (Fsp3) is 0.158. The second-order valence-electron chi connectivity index (χ2n) is 5.55. The van der Waals surface area contributed by atoms with Gasteiger partial charge >= 0.3 is 0 Å². The summed E-state index contributed by atoms with van der Waals surface area (Å²) in [5, 5.41) is 7.10. The molecule has 3 aromatic rings. The smallest absolute Gasteiger partial charge is 0.262 e. The predicted molar refractivity (Wildman–Crippen MR) is 93.9 cm³/mol. The SMILES string of the molecule is Cc1cccc(OCC(=O)Nc2cnn(C)c2-c2ccccc2)c1. The predicted octanol–water partition coefficient (Wildman–Crippen LogP) is 3.41. The summed E-state index contributed by atoms with van der Waals surface area (Å²) in [6, 6.07) is 17.4. The molecule has 0 atom stereocenters. The summed E-state index contributed by atoms with van der Waals surface area (Å²) >= 11 is 0. The Labute approximate surface area is 140 Å². The van der Waals surface area contributed by atoms with Gasteiger partial charge < -0.3 is 10.1 Å². The Morgan fingerprint density at radius 3 is 2.71 bits per heavy atom. The fourth-order valence-corrected chi connectivity index (χ4v) is 2.51. The molecular formula is C19H19N3O2. The molecule has 0 aliphatic rings. The highest BCUT2D eigenvalue weighted by molar-refractivity contribution is 5.95. The third-order valence-electron chi connectivity index (χ3n) is 3.62. The van der Waals surface area contributed by atoms with Crippen LogP contribution >= 0.6 is 0 Å². The molecule has 5 nitrogen and oxygen atoms in total. The van der Waals surface area contributed by atoms with E-state index in [0.717, 1.165) is 16.8 Å². The van der Waals surface area contributed by atoms with Crippen LogP contribution in [0.4, 0.5) is 5.69 Å². The zero-order chi connectivity index (χ0) is 16.9. The Hall–Kier alpha value is -3.08. The molecule has 0 saturated carbocycles. The number of nitrogens with zero attached hydrogens (tertiary/aromatic N) is 2. The average molecular weight is 321 g/mol. The lowest BCUT2D eigenvalue weighted by Crippen LogP contribution is -2.20.